The Morgan fingerprint density at radius 1 is 0.755 bits per heavy atom. The highest BCUT2D eigenvalue weighted by Gasteiger charge is 2.42. The molecule has 1 unspecified atom stereocenters. The largest absolute Gasteiger partial charge is 0.497 e. The van der Waals surface area contributed by atoms with Crippen LogP contribution < -0.4 is 14.8 Å². The number of methoxy groups -OCH3 is 2. The molecule has 262 valence electrons. The molecular weight excluding hydrogens is 624 g/mol. The topological polar surface area (TPSA) is 120 Å². The third kappa shape index (κ3) is 10.2. The van der Waals surface area contributed by atoms with Crippen LogP contribution in [0.2, 0.25) is 0 Å². The van der Waals surface area contributed by atoms with Crippen molar-refractivity contribution in [1.29, 1.82) is 0 Å². The predicted molar refractivity (Wildman–Crippen MR) is 185 cm³/mol. The Balaban J connectivity index is 1.64. The summed E-state index contributed by atoms with van der Waals surface area (Å²) >= 11 is 0. The molecule has 4 rings (SSSR count). The minimum atomic E-state index is -1.07. The first-order chi connectivity index (χ1) is 23.7. The van der Waals surface area contributed by atoms with E-state index in [1.165, 1.54) is 13.8 Å². The van der Waals surface area contributed by atoms with Crippen molar-refractivity contribution in [2.75, 3.05) is 33.9 Å². The molecule has 49 heavy (non-hydrogen) atoms. The van der Waals surface area contributed by atoms with Crippen LogP contribution in [0.1, 0.15) is 75.5 Å². The molecule has 0 bridgehead atoms. The van der Waals surface area contributed by atoms with Crippen molar-refractivity contribution < 1.29 is 38.1 Å². The van der Waals surface area contributed by atoms with Gasteiger partial charge in [0.15, 0.2) is 0 Å². The smallest absolute Gasteiger partial charge is 0.306 e. The molecular formula is C39H48N2O8. The quantitative estimate of drug-likeness (QED) is 0.106. The van der Waals surface area contributed by atoms with Crippen LogP contribution >= 0.6 is 0 Å². The second-order valence-electron chi connectivity index (χ2n) is 12.4. The number of rotatable bonds is 18. The Morgan fingerprint density at radius 2 is 1.35 bits per heavy atom. The fraction of sp³-hybridized carbons (Fsp3) is 0.436. The van der Waals surface area contributed by atoms with Crippen LogP contribution in [0.15, 0.2) is 78.9 Å². The average molecular weight is 673 g/mol. The van der Waals surface area contributed by atoms with Crippen molar-refractivity contribution in [3.8, 4) is 11.5 Å². The number of hydrogen-bond donors (Lipinski definition) is 1. The molecule has 0 aromatic heterocycles. The maximum atomic E-state index is 13.7. The predicted octanol–water partition coefficient (Wildman–Crippen LogP) is 5.59. The van der Waals surface area contributed by atoms with E-state index >= 15 is 0 Å². The minimum Gasteiger partial charge on any atom is -0.497 e. The summed E-state index contributed by atoms with van der Waals surface area (Å²) in [5.74, 6) is 0.755. The Morgan fingerprint density at radius 3 is 1.90 bits per heavy atom. The van der Waals surface area contributed by atoms with E-state index < -0.39 is 17.7 Å². The summed E-state index contributed by atoms with van der Waals surface area (Å²) in [6.07, 6.45) is 2.54. The van der Waals surface area contributed by atoms with E-state index in [2.05, 4.69) is 5.32 Å². The van der Waals surface area contributed by atoms with Crippen LogP contribution in [-0.2, 0) is 34.3 Å². The molecule has 1 N–H and O–H groups in total. The maximum absolute atomic E-state index is 13.7. The molecule has 2 atom stereocenters. The second kappa shape index (κ2) is 18.2. The first-order valence-electron chi connectivity index (χ1n) is 16.9. The zero-order valence-electron chi connectivity index (χ0n) is 28.9. The number of ether oxygens (including phenoxy) is 4. The van der Waals surface area contributed by atoms with Crippen molar-refractivity contribution in [2.45, 2.75) is 76.5 Å². The van der Waals surface area contributed by atoms with Crippen LogP contribution in [-0.4, -0.2) is 74.5 Å². The summed E-state index contributed by atoms with van der Waals surface area (Å²) in [6.45, 7) is 3.90. The fourth-order valence-electron chi connectivity index (χ4n) is 6.23. The van der Waals surface area contributed by atoms with Gasteiger partial charge in [-0.05, 0) is 60.7 Å². The molecule has 1 aliphatic rings. The fourth-order valence-corrected chi connectivity index (χ4v) is 6.23. The number of carbonyl (C=O) groups excluding carboxylic acids is 4. The first-order valence-corrected chi connectivity index (χ1v) is 16.9. The van der Waals surface area contributed by atoms with E-state index in [-0.39, 0.29) is 49.6 Å². The number of nitrogens with one attached hydrogen (secondary N) is 1. The summed E-state index contributed by atoms with van der Waals surface area (Å²) < 4.78 is 23.8. The normalized spacial score (nSPS) is 15.8. The van der Waals surface area contributed by atoms with Gasteiger partial charge < -0.3 is 34.0 Å². The molecule has 0 spiro atoms. The van der Waals surface area contributed by atoms with E-state index in [0.29, 0.717) is 37.3 Å². The lowest BCUT2D eigenvalue weighted by molar-refractivity contribution is -0.150. The van der Waals surface area contributed by atoms with Crippen LogP contribution in [0, 0.1) is 0 Å². The highest BCUT2D eigenvalue weighted by atomic mass is 16.5. The molecule has 1 heterocycles. The van der Waals surface area contributed by atoms with Crippen LogP contribution in [0.5, 0.6) is 11.5 Å². The Labute approximate surface area is 289 Å². The summed E-state index contributed by atoms with van der Waals surface area (Å²) in [7, 11) is 3.25. The molecule has 1 fully saturated rings. The molecule has 0 radical (unpaired) electrons. The minimum absolute atomic E-state index is 0.00129. The molecule has 0 saturated carbocycles. The number of esters is 1. The SMILES string of the molecule is COc1ccc(C(OCC2C[C@@H](OC(=O)CCC(C)=O)CN2C(=O)CCCCCNC(C)=O)(c2ccccc2)c2ccc(OC)cc2)cc1. The van der Waals surface area contributed by atoms with Crippen molar-refractivity contribution in [2.24, 2.45) is 0 Å². The van der Waals surface area contributed by atoms with E-state index in [1.807, 2.05) is 78.9 Å². The molecule has 3 aromatic rings. The standard InChI is InChI=1S/C39H48N2O8/c1-28(42)14-23-38(45)49-36-25-33(41(26-36)37(44)13-9-6-10-24-40-29(2)43)27-48-39(30-11-7-5-8-12-30,31-15-19-34(46-3)20-16-31)32-17-21-35(47-4)22-18-32/h5,7-8,11-12,15-22,33,36H,6,9-10,13-14,23-27H2,1-4H3,(H,40,43)/t33?,36-/m1/s1. The van der Waals surface area contributed by atoms with Crippen molar-refractivity contribution in [1.82, 2.24) is 10.2 Å². The first kappa shape index (κ1) is 37.1. The number of Topliss-reactive ketones (excluding diaryl/α,β-unsaturated/α-hetero) is 1. The summed E-state index contributed by atoms with van der Waals surface area (Å²) in [5.41, 5.74) is 1.56. The third-order valence-electron chi connectivity index (χ3n) is 8.78. The molecule has 0 aliphatic carbocycles. The zero-order chi connectivity index (χ0) is 35.2. The van der Waals surface area contributed by atoms with Gasteiger partial charge in [-0.3, -0.25) is 14.4 Å². The number of hydrogen-bond acceptors (Lipinski definition) is 8. The van der Waals surface area contributed by atoms with Gasteiger partial charge in [0.1, 0.15) is 29.0 Å². The Hall–Kier alpha value is -4.70. The third-order valence-corrected chi connectivity index (χ3v) is 8.78. The van der Waals surface area contributed by atoms with Gasteiger partial charge in [0.05, 0.1) is 39.8 Å². The van der Waals surface area contributed by atoms with Gasteiger partial charge in [-0.1, -0.05) is 61.0 Å². The zero-order valence-corrected chi connectivity index (χ0v) is 28.9. The van der Waals surface area contributed by atoms with E-state index in [9.17, 15) is 19.2 Å². The lowest BCUT2D eigenvalue weighted by Crippen LogP contribution is -2.42. The number of likely N-dealkylation sites (tertiary alicyclic amines) is 1. The van der Waals surface area contributed by atoms with E-state index in [1.54, 1.807) is 19.1 Å². The molecule has 2 amide bonds. The molecule has 1 saturated heterocycles. The van der Waals surface area contributed by atoms with Crippen molar-refractivity contribution in [3.63, 3.8) is 0 Å². The molecule has 10 nitrogen and oxygen atoms in total. The van der Waals surface area contributed by atoms with Gasteiger partial charge in [-0.2, -0.15) is 0 Å². The Kier molecular flexibility index (Phi) is 13.8. The number of ketones is 1. The van der Waals surface area contributed by atoms with E-state index in [0.717, 1.165) is 29.5 Å². The van der Waals surface area contributed by atoms with Gasteiger partial charge >= 0.3 is 5.97 Å². The number of carbonyl (C=O) groups is 4. The monoisotopic (exact) mass is 672 g/mol. The van der Waals surface area contributed by atoms with Gasteiger partial charge in [0, 0.05) is 32.7 Å². The molecule has 1 aliphatic heterocycles. The highest BCUT2D eigenvalue weighted by molar-refractivity contribution is 5.81. The van der Waals surface area contributed by atoms with Crippen LogP contribution in [0.25, 0.3) is 0 Å². The Bertz CT molecular complexity index is 1480. The van der Waals surface area contributed by atoms with Gasteiger partial charge in [0.25, 0.3) is 0 Å². The number of benzene rings is 3. The van der Waals surface area contributed by atoms with Crippen LogP contribution in [0.4, 0.5) is 0 Å². The van der Waals surface area contributed by atoms with E-state index in [4.69, 9.17) is 18.9 Å². The average Bonchev–Trinajstić information content (AvgIpc) is 3.52. The van der Waals surface area contributed by atoms with Gasteiger partial charge in [0.2, 0.25) is 11.8 Å². The van der Waals surface area contributed by atoms with Crippen molar-refractivity contribution >= 4 is 23.6 Å². The molecule has 10 heteroatoms. The summed E-state index contributed by atoms with van der Waals surface area (Å²) in [5, 5.41) is 2.79. The lowest BCUT2D eigenvalue weighted by atomic mass is 9.80. The van der Waals surface area contributed by atoms with Crippen LogP contribution in [0.3, 0.4) is 0 Å². The number of unbranched alkanes of at least 4 members (excludes halogenated alkanes) is 2. The summed E-state index contributed by atoms with van der Waals surface area (Å²) in [4.78, 5) is 50.8. The lowest BCUT2D eigenvalue weighted by Gasteiger charge is -2.38. The van der Waals surface area contributed by atoms with Crippen molar-refractivity contribution in [3.05, 3.63) is 95.6 Å². The highest BCUT2D eigenvalue weighted by Crippen LogP contribution is 2.42. The number of amides is 2. The van der Waals surface area contributed by atoms with Gasteiger partial charge in [-0.25, -0.2) is 0 Å². The number of nitrogens with zero attached hydrogens (tertiary/aromatic N) is 1. The van der Waals surface area contributed by atoms with Gasteiger partial charge in [-0.15, -0.1) is 0 Å². The maximum Gasteiger partial charge on any atom is 0.306 e. The summed E-state index contributed by atoms with van der Waals surface area (Å²) in [6, 6.07) is 25.1. The molecule has 3 aromatic carbocycles. The second-order valence-corrected chi connectivity index (χ2v) is 12.4.